The molecule has 1 aromatic heterocycles. The van der Waals surface area contributed by atoms with Crippen molar-refractivity contribution < 1.29 is 0 Å². The van der Waals surface area contributed by atoms with Crippen molar-refractivity contribution in [2.24, 2.45) is 11.0 Å². The number of hydrogen-bond acceptors (Lipinski definition) is 3. The van der Waals surface area contributed by atoms with E-state index in [0.29, 0.717) is 12.0 Å². The van der Waals surface area contributed by atoms with Crippen molar-refractivity contribution in [2.45, 2.75) is 94.5 Å². The van der Waals surface area contributed by atoms with Crippen molar-refractivity contribution in [3.05, 3.63) is 23.9 Å². The molecule has 0 aliphatic rings. The normalized spacial score (nSPS) is 10.1. The third-order valence-electron chi connectivity index (χ3n) is 3.26. The molecule has 3 heteroatoms. The molecule has 0 aliphatic heterocycles. The molecule has 0 saturated carbocycles. The summed E-state index contributed by atoms with van der Waals surface area (Å²) in [7, 11) is 0. The fraction of sp³-hybridized carbons (Fsp3) is 0.714. The Bertz CT molecular complexity index is 373. The number of aromatic nitrogens is 1. The molecule has 24 heavy (non-hydrogen) atoms. The van der Waals surface area contributed by atoms with E-state index in [1.165, 1.54) is 12.8 Å². The van der Waals surface area contributed by atoms with Gasteiger partial charge in [-0.2, -0.15) is 5.10 Å². The highest BCUT2D eigenvalue weighted by molar-refractivity contribution is 5.43. The molecule has 1 aromatic rings. The van der Waals surface area contributed by atoms with Gasteiger partial charge in [-0.1, -0.05) is 81.2 Å². The molecule has 1 atom stereocenters. The fourth-order valence-electron chi connectivity index (χ4n) is 1.93. The highest BCUT2D eigenvalue weighted by Crippen LogP contribution is 2.21. The molecule has 0 saturated heterocycles. The number of pyridine rings is 1. The predicted octanol–water partition coefficient (Wildman–Crippen LogP) is 7.11. The molecule has 0 fully saturated rings. The zero-order valence-electron chi connectivity index (χ0n) is 18.1. The number of nitrogens with zero attached hydrogens (tertiary/aromatic N) is 3. The van der Waals surface area contributed by atoms with Crippen LogP contribution in [0.4, 0.5) is 5.82 Å². The summed E-state index contributed by atoms with van der Waals surface area (Å²) in [6.45, 7) is 24.6. The summed E-state index contributed by atoms with van der Waals surface area (Å²) in [5.41, 5.74) is 1.00. The molecular formula is C21H43N3. The first kappa shape index (κ1) is 27.5. The van der Waals surface area contributed by atoms with Gasteiger partial charge in [0.1, 0.15) is 5.82 Å². The molecule has 0 amide bonds. The number of aryl methyl sites for hydroxylation is 1. The van der Waals surface area contributed by atoms with Crippen molar-refractivity contribution >= 4 is 12.5 Å². The Morgan fingerprint density at radius 2 is 1.54 bits per heavy atom. The Morgan fingerprint density at radius 1 is 1.04 bits per heavy atom. The van der Waals surface area contributed by atoms with Gasteiger partial charge in [-0.05, 0) is 31.4 Å². The maximum atomic E-state index is 4.49. The second-order valence-corrected chi connectivity index (χ2v) is 5.34. The monoisotopic (exact) mass is 337 g/mol. The molecule has 3 nitrogen and oxygen atoms in total. The van der Waals surface area contributed by atoms with Crippen LogP contribution in [0.1, 0.15) is 87.3 Å². The van der Waals surface area contributed by atoms with Crippen LogP contribution in [0.25, 0.3) is 0 Å². The second kappa shape index (κ2) is 19.7. The molecule has 1 rings (SSSR count). The van der Waals surface area contributed by atoms with Crippen LogP contribution in [0.3, 0.4) is 0 Å². The van der Waals surface area contributed by atoms with E-state index in [-0.39, 0.29) is 0 Å². The molecule has 0 spiro atoms. The van der Waals surface area contributed by atoms with Crippen LogP contribution >= 0.6 is 0 Å². The van der Waals surface area contributed by atoms with Gasteiger partial charge in [-0.3, -0.25) is 0 Å². The second-order valence-electron chi connectivity index (χ2n) is 5.34. The van der Waals surface area contributed by atoms with Crippen molar-refractivity contribution in [1.82, 2.24) is 4.98 Å². The minimum absolute atomic E-state index is 0.354. The van der Waals surface area contributed by atoms with Gasteiger partial charge in [0.25, 0.3) is 0 Å². The first-order valence-electron chi connectivity index (χ1n) is 9.71. The van der Waals surface area contributed by atoms with E-state index in [1.54, 1.807) is 0 Å². The molecule has 0 bridgehead atoms. The lowest BCUT2D eigenvalue weighted by molar-refractivity contribution is 0.446. The van der Waals surface area contributed by atoms with Crippen LogP contribution in [0.5, 0.6) is 0 Å². The van der Waals surface area contributed by atoms with Gasteiger partial charge in [-0.25, -0.2) is 9.99 Å². The van der Waals surface area contributed by atoms with Gasteiger partial charge in [0, 0.05) is 12.4 Å². The summed E-state index contributed by atoms with van der Waals surface area (Å²) < 4.78 is 0. The summed E-state index contributed by atoms with van der Waals surface area (Å²) in [5, 5.41) is 6.04. The number of hydrazone groups is 1. The first-order chi connectivity index (χ1) is 11.5. The van der Waals surface area contributed by atoms with E-state index < -0.39 is 0 Å². The van der Waals surface area contributed by atoms with Gasteiger partial charge in [0.15, 0.2) is 0 Å². The number of anilines is 1. The Balaban J connectivity index is -0.000000471. The highest BCUT2D eigenvalue weighted by Gasteiger charge is 2.20. The molecular weight excluding hydrogens is 294 g/mol. The minimum Gasteiger partial charge on any atom is -0.245 e. The van der Waals surface area contributed by atoms with Crippen molar-refractivity contribution in [1.29, 1.82) is 0 Å². The average molecular weight is 338 g/mol. The molecule has 142 valence electrons. The molecule has 1 heterocycles. The maximum Gasteiger partial charge on any atom is 0.149 e. The van der Waals surface area contributed by atoms with E-state index in [2.05, 4.69) is 51.4 Å². The molecule has 0 radical (unpaired) electrons. The standard InChI is InChI=1S/C13H21N3.C4H10.2C2H6/c1-6-12(10(2)3)16(14-5)13-9-7-8-11(4)15-13;1-3-4-2;2*1-2/h7-10,12H,5-6H2,1-4H3;3-4H2,1-2H3;2*1-2H3. The van der Waals surface area contributed by atoms with Gasteiger partial charge in [0.05, 0.1) is 6.04 Å². The van der Waals surface area contributed by atoms with Crippen LogP contribution in [-0.4, -0.2) is 17.7 Å². The molecule has 0 N–H and O–H groups in total. The smallest absolute Gasteiger partial charge is 0.149 e. The third kappa shape index (κ3) is 12.1. The van der Waals surface area contributed by atoms with E-state index >= 15 is 0 Å². The van der Waals surface area contributed by atoms with Crippen molar-refractivity contribution in [3.8, 4) is 0 Å². The summed E-state index contributed by atoms with van der Waals surface area (Å²) in [6.07, 6.45) is 3.67. The summed E-state index contributed by atoms with van der Waals surface area (Å²) >= 11 is 0. The summed E-state index contributed by atoms with van der Waals surface area (Å²) in [6, 6.07) is 6.32. The van der Waals surface area contributed by atoms with Crippen molar-refractivity contribution in [2.75, 3.05) is 5.01 Å². The fourth-order valence-corrected chi connectivity index (χ4v) is 1.93. The topological polar surface area (TPSA) is 28.5 Å². The lowest BCUT2D eigenvalue weighted by Crippen LogP contribution is -2.35. The van der Waals surface area contributed by atoms with Gasteiger partial charge < -0.3 is 0 Å². The SMILES string of the molecule is C=NN(c1cccc(C)n1)C(CC)C(C)C.CC.CC.CCCC. The van der Waals surface area contributed by atoms with E-state index in [0.717, 1.165) is 17.9 Å². The largest absolute Gasteiger partial charge is 0.245 e. The zero-order chi connectivity index (χ0) is 19.5. The number of rotatable bonds is 6. The highest BCUT2D eigenvalue weighted by atomic mass is 15.5. The minimum atomic E-state index is 0.354. The lowest BCUT2D eigenvalue weighted by Gasteiger charge is -2.30. The van der Waals surface area contributed by atoms with E-state index in [1.807, 2.05) is 57.8 Å². The van der Waals surface area contributed by atoms with E-state index in [9.17, 15) is 0 Å². The predicted molar refractivity (Wildman–Crippen MR) is 113 cm³/mol. The van der Waals surface area contributed by atoms with Crippen LogP contribution in [-0.2, 0) is 0 Å². The van der Waals surface area contributed by atoms with Crippen LogP contribution in [0.2, 0.25) is 0 Å². The van der Waals surface area contributed by atoms with E-state index in [4.69, 9.17) is 0 Å². The van der Waals surface area contributed by atoms with Crippen LogP contribution in [0.15, 0.2) is 23.3 Å². The van der Waals surface area contributed by atoms with Crippen molar-refractivity contribution in [3.63, 3.8) is 0 Å². The average Bonchev–Trinajstić information content (AvgIpc) is 2.62. The first-order valence-corrected chi connectivity index (χ1v) is 9.71. The molecule has 0 aromatic carbocycles. The molecule has 1 unspecified atom stereocenters. The molecule has 0 aliphatic carbocycles. The number of unbranched alkanes of at least 4 members (excludes halogenated alkanes) is 1. The number of hydrogen-bond donors (Lipinski definition) is 0. The Hall–Kier alpha value is -1.38. The summed E-state index contributed by atoms with van der Waals surface area (Å²) in [4.78, 5) is 4.49. The third-order valence-corrected chi connectivity index (χ3v) is 3.26. The Kier molecular flexibility index (Phi) is 22.5. The quantitative estimate of drug-likeness (QED) is 0.409. The zero-order valence-corrected chi connectivity index (χ0v) is 18.1. The lowest BCUT2D eigenvalue weighted by atomic mass is 10.0. The van der Waals surface area contributed by atoms with Crippen LogP contribution in [0, 0.1) is 12.8 Å². The Morgan fingerprint density at radius 3 is 1.83 bits per heavy atom. The van der Waals surface area contributed by atoms with Gasteiger partial charge in [-0.15, -0.1) is 0 Å². The van der Waals surface area contributed by atoms with Crippen LogP contribution < -0.4 is 5.01 Å². The van der Waals surface area contributed by atoms with Gasteiger partial charge >= 0.3 is 0 Å². The Labute approximate surface area is 152 Å². The summed E-state index contributed by atoms with van der Waals surface area (Å²) in [5.74, 6) is 1.41. The maximum absolute atomic E-state index is 4.49. The van der Waals surface area contributed by atoms with Gasteiger partial charge in [0.2, 0.25) is 0 Å².